The van der Waals surface area contributed by atoms with E-state index < -0.39 is 10.0 Å². The maximum atomic E-state index is 11.9. The number of rotatable bonds is 4. The second-order valence-electron chi connectivity index (χ2n) is 3.94. The van der Waals surface area contributed by atoms with Crippen molar-refractivity contribution in [1.82, 2.24) is 10.2 Å². The second kappa shape index (κ2) is 4.79. The average Bonchev–Trinajstić information content (AvgIpc) is 2.83. The summed E-state index contributed by atoms with van der Waals surface area (Å²) in [5.74, 6) is 0. The second-order valence-corrected chi connectivity index (χ2v) is 5.59. The van der Waals surface area contributed by atoms with Crippen LogP contribution in [0.1, 0.15) is 18.5 Å². The van der Waals surface area contributed by atoms with Crippen LogP contribution in [-0.2, 0) is 10.0 Å². The molecule has 0 spiro atoms. The monoisotopic (exact) mass is 266 g/mol. The molecular formula is C11H14N4O2S. The number of anilines is 1. The molecule has 1 heterocycles. The van der Waals surface area contributed by atoms with Gasteiger partial charge in [-0.2, -0.15) is 13.5 Å². The molecule has 2 rings (SSSR count). The molecule has 2 aromatic rings. The van der Waals surface area contributed by atoms with Crippen molar-refractivity contribution in [3.05, 3.63) is 42.1 Å². The largest absolute Gasteiger partial charge is 0.324 e. The van der Waals surface area contributed by atoms with Crippen LogP contribution in [-0.4, -0.2) is 18.6 Å². The molecule has 0 radical (unpaired) electrons. The molecule has 1 aromatic carbocycles. The summed E-state index contributed by atoms with van der Waals surface area (Å²) in [6.07, 6.45) is 1.38. The fourth-order valence-corrected chi connectivity index (χ4v) is 2.43. The van der Waals surface area contributed by atoms with Crippen molar-refractivity contribution in [2.45, 2.75) is 18.0 Å². The summed E-state index contributed by atoms with van der Waals surface area (Å²) in [6.45, 7) is 1.86. The average molecular weight is 266 g/mol. The topological polar surface area (TPSA) is 101 Å². The number of sulfonamides is 1. The standard InChI is InChI=1S/C11H14N4O2S/c1-8(12)9-2-4-10(5-3-9)15-18(16,17)11-6-7-13-14-11/h2-8,15H,12H2,1H3,(H,13,14). The van der Waals surface area contributed by atoms with Gasteiger partial charge >= 0.3 is 0 Å². The third-order valence-electron chi connectivity index (χ3n) is 2.45. The van der Waals surface area contributed by atoms with Gasteiger partial charge in [-0.3, -0.25) is 9.82 Å². The van der Waals surface area contributed by atoms with Crippen molar-refractivity contribution in [3.8, 4) is 0 Å². The molecular weight excluding hydrogens is 252 g/mol. The zero-order valence-corrected chi connectivity index (χ0v) is 10.6. The Morgan fingerprint density at radius 1 is 1.28 bits per heavy atom. The smallest absolute Gasteiger partial charge is 0.278 e. The fourth-order valence-electron chi connectivity index (χ4n) is 1.46. The van der Waals surface area contributed by atoms with Crippen LogP contribution in [0.2, 0.25) is 0 Å². The maximum Gasteiger partial charge on any atom is 0.278 e. The third kappa shape index (κ3) is 2.69. The molecule has 1 aromatic heterocycles. The van der Waals surface area contributed by atoms with E-state index in [1.54, 1.807) is 24.3 Å². The van der Waals surface area contributed by atoms with Crippen LogP contribution in [0.5, 0.6) is 0 Å². The number of benzene rings is 1. The maximum absolute atomic E-state index is 11.9. The first-order chi connectivity index (χ1) is 8.49. The number of aromatic amines is 1. The zero-order valence-electron chi connectivity index (χ0n) is 9.79. The Morgan fingerprint density at radius 2 is 1.94 bits per heavy atom. The number of aromatic nitrogens is 2. The summed E-state index contributed by atoms with van der Waals surface area (Å²) in [4.78, 5) is 0. The first-order valence-corrected chi connectivity index (χ1v) is 6.85. The van der Waals surface area contributed by atoms with E-state index in [9.17, 15) is 8.42 Å². The van der Waals surface area contributed by atoms with Gasteiger partial charge in [0.2, 0.25) is 0 Å². The summed E-state index contributed by atoms with van der Waals surface area (Å²) < 4.78 is 26.2. The number of nitrogens with one attached hydrogen (secondary N) is 2. The number of nitrogens with two attached hydrogens (primary N) is 1. The summed E-state index contributed by atoms with van der Waals surface area (Å²) in [7, 11) is -3.60. The minimum absolute atomic E-state index is 0.0266. The predicted molar refractivity (Wildman–Crippen MR) is 68.4 cm³/mol. The summed E-state index contributed by atoms with van der Waals surface area (Å²) in [5.41, 5.74) is 7.14. The predicted octanol–water partition coefficient (Wildman–Crippen LogP) is 1.23. The van der Waals surface area contributed by atoms with Gasteiger partial charge in [0.1, 0.15) is 0 Å². The fraction of sp³-hybridized carbons (Fsp3) is 0.182. The van der Waals surface area contributed by atoms with E-state index in [1.165, 1.54) is 12.3 Å². The van der Waals surface area contributed by atoms with E-state index in [1.807, 2.05) is 6.92 Å². The molecule has 0 saturated heterocycles. The first kappa shape index (κ1) is 12.6. The zero-order chi connectivity index (χ0) is 13.2. The summed E-state index contributed by atoms with van der Waals surface area (Å²) in [6, 6.07) is 8.23. The Balaban J connectivity index is 2.20. The Hall–Kier alpha value is -1.86. The van der Waals surface area contributed by atoms with Crippen LogP contribution in [0.3, 0.4) is 0 Å². The van der Waals surface area contributed by atoms with Crippen molar-refractivity contribution in [2.75, 3.05) is 4.72 Å². The van der Waals surface area contributed by atoms with Gasteiger partial charge in [-0.25, -0.2) is 0 Å². The summed E-state index contributed by atoms with van der Waals surface area (Å²) >= 11 is 0. The Labute approximate surface area is 105 Å². The lowest BCUT2D eigenvalue weighted by molar-refractivity contribution is 0.597. The molecule has 0 saturated carbocycles. The molecule has 0 aliphatic rings. The van der Waals surface area contributed by atoms with E-state index in [2.05, 4.69) is 14.9 Å². The van der Waals surface area contributed by atoms with Crippen LogP contribution in [0.4, 0.5) is 5.69 Å². The minimum atomic E-state index is -3.60. The summed E-state index contributed by atoms with van der Waals surface area (Å²) in [5, 5.41) is 6.04. The van der Waals surface area contributed by atoms with Gasteiger partial charge in [0.25, 0.3) is 10.0 Å². The van der Waals surface area contributed by atoms with E-state index in [-0.39, 0.29) is 11.1 Å². The van der Waals surface area contributed by atoms with Crippen LogP contribution in [0, 0.1) is 0 Å². The molecule has 0 aliphatic heterocycles. The van der Waals surface area contributed by atoms with Crippen LogP contribution in [0.25, 0.3) is 0 Å². The molecule has 6 nitrogen and oxygen atoms in total. The molecule has 0 aliphatic carbocycles. The molecule has 0 bridgehead atoms. The third-order valence-corrected chi connectivity index (χ3v) is 3.76. The van der Waals surface area contributed by atoms with Gasteiger partial charge in [0, 0.05) is 11.7 Å². The van der Waals surface area contributed by atoms with Crippen LogP contribution < -0.4 is 10.5 Å². The molecule has 96 valence electrons. The van der Waals surface area contributed by atoms with Crippen LogP contribution >= 0.6 is 0 Å². The van der Waals surface area contributed by atoms with Gasteiger partial charge in [-0.15, -0.1) is 0 Å². The Morgan fingerprint density at radius 3 is 2.44 bits per heavy atom. The van der Waals surface area contributed by atoms with Crippen molar-refractivity contribution < 1.29 is 8.42 Å². The molecule has 1 atom stereocenters. The lowest BCUT2D eigenvalue weighted by Gasteiger charge is -2.08. The minimum Gasteiger partial charge on any atom is -0.324 e. The quantitative estimate of drug-likeness (QED) is 0.774. The number of hydrogen-bond acceptors (Lipinski definition) is 4. The van der Waals surface area contributed by atoms with Crippen LogP contribution in [0.15, 0.2) is 41.6 Å². The van der Waals surface area contributed by atoms with Gasteiger partial charge in [0.05, 0.1) is 6.20 Å². The van der Waals surface area contributed by atoms with E-state index in [4.69, 9.17) is 5.73 Å². The number of hydrogen-bond donors (Lipinski definition) is 3. The van der Waals surface area contributed by atoms with Crippen molar-refractivity contribution in [3.63, 3.8) is 0 Å². The highest BCUT2D eigenvalue weighted by molar-refractivity contribution is 7.92. The molecule has 4 N–H and O–H groups in total. The highest BCUT2D eigenvalue weighted by atomic mass is 32.2. The van der Waals surface area contributed by atoms with Gasteiger partial charge in [0.15, 0.2) is 5.03 Å². The molecule has 18 heavy (non-hydrogen) atoms. The Kier molecular flexibility index (Phi) is 3.35. The number of H-pyrrole nitrogens is 1. The first-order valence-electron chi connectivity index (χ1n) is 5.37. The van der Waals surface area contributed by atoms with E-state index >= 15 is 0 Å². The molecule has 1 unspecified atom stereocenters. The van der Waals surface area contributed by atoms with Gasteiger partial charge < -0.3 is 5.73 Å². The highest BCUT2D eigenvalue weighted by Crippen LogP contribution is 2.17. The van der Waals surface area contributed by atoms with Crippen molar-refractivity contribution in [1.29, 1.82) is 0 Å². The normalized spacial score (nSPS) is 13.2. The lowest BCUT2D eigenvalue weighted by atomic mass is 10.1. The highest BCUT2D eigenvalue weighted by Gasteiger charge is 2.15. The van der Waals surface area contributed by atoms with E-state index in [0.717, 1.165) is 5.56 Å². The van der Waals surface area contributed by atoms with Crippen molar-refractivity contribution in [2.24, 2.45) is 5.73 Å². The number of nitrogens with zero attached hydrogens (tertiary/aromatic N) is 1. The Bertz CT molecular complexity index is 603. The van der Waals surface area contributed by atoms with Crippen molar-refractivity contribution >= 4 is 15.7 Å². The van der Waals surface area contributed by atoms with E-state index in [0.29, 0.717) is 5.69 Å². The molecule has 0 amide bonds. The SMILES string of the molecule is CC(N)c1ccc(NS(=O)(=O)c2ccn[nH]2)cc1. The van der Waals surface area contributed by atoms with Gasteiger partial charge in [-0.05, 0) is 30.7 Å². The molecule has 0 fully saturated rings. The lowest BCUT2D eigenvalue weighted by Crippen LogP contribution is -2.13. The van der Waals surface area contributed by atoms with Gasteiger partial charge in [-0.1, -0.05) is 12.1 Å². The molecule has 7 heteroatoms.